The molecule has 0 unspecified atom stereocenters. The van der Waals surface area contributed by atoms with Crippen molar-refractivity contribution in [1.82, 2.24) is 0 Å². The lowest BCUT2D eigenvalue weighted by Gasteiger charge is -2.13. The fourth-order valence-electron chi connectivity index (χ4n) is 0.535. The predicted molar refractivity (Wildman–Crippen MR) is 34.1 cm³/mol. The third-order valence-electron chi connectivity index (χ3n) is 0.990. The van der Waals surface area contributed by atoms with Crippen molar-refractivity contribution < 1.29 is 15.2 Å². The molecule has 0 radical (unpaired) electrons. The van der Waals surface area contributed by atoms with Crippen LogP contribution >= 0.6 is 0 Å². The van der Waals surface area contributed by atoms with Gasteiger partial charge in [-0.2, -0.15) is 10.4 Å². The first kappa shape index (κ1) is 8.62. The highest BCUT2D eigenvalue weighted by Gasteiger charge is 2.11. The Balaban J connectivity index is 3.17. The summed E-state index contributed by atoms with van der Waals surface area (Å²) < 4.78 is 0. The van der Waals surface area contributed by atoms with E-state index in [1.165, 1.54) is 7.05 Å². The van der Waals surface area contributed by atoms with E-state index in [2.05, 4.69) is 6.58 Å². The lowest BCUT2D eigenvalue weighted by molar-refractivity contribution is -1.23. The van der Waals surface area contributed by atoms with Crippen LogP contribution in [0.4, 0.5) is 0 Å². The van der Waals surface area contributed by atoms with Gasteiger partial charge in [0.2, 0.25) is 0 Å². The average Bonchev–Trinajstić information content (AvgIpc) is 1.63. The number of nitrogens with zero attached hydrogens (tertiary/aromatic N) is 1. The number of unbranched alkanes of at least 4 members (excludes halogenated alkanes) is 1. The quantitative estimate of drug-likeness (QED) is 0.261. The number of quaternary nitrogens is 1. The zero-order chi connectivity index (χ0) is 7.33. The highest BCUT2D eigenvalue weighted by molar-refractivity contribution is 4.64. The van der Waals surface area contributed by atoms with Crippen molar-refractivity contribution in [3.63, 3.8) is 0 Å². The number of allylic oxidation sites excluding steroid dienone is 1. The molecule has 0 saturated carbocycles. The molecule has 0 fully saturated rings. The number of hydrogen-bond acceptors (Lipinski definition) is 2. The Hall–Kier alpha value is -0.380. The van der Waals surface area contributed by atoms with E-state index in [-0.39, 0.29) is 0 Å². The minimum atomic E-state index is -0.937. The SMILES string of the molecule is C=CCCC[N+](C)(O)O. The van der Waals surface area contributed by atoms with Crippen molar-refractivity contribution in [3.8, 4) is 0 Å². The van der Waals surface area contributed by atoms with Gasteiger partial charge < -0.3 is 0 Å². The van der Waals surface area contributed by atoms with Crippen LogP contribution in [0.1, 0.15) is 12.8 Å². The molecule has 0 spiro atoms. The van der Waals surface area contributed by atoms with Gasteiger partial charge in [-0.25, -0.2) is 0 Å². The first-order valence-electron chi connectivity index (χ1n) is 2.98. The highest BCUT2D eigenvalue weighted by Crippen LogP contribution is 1.95. The van der Waals surface area contributed by atoms with E-state index in [1.54, 1.807) is 6.08 Å². The van der Waals surface area contributed by atoms with Gasteiger partial charge >= 0.3 is 0 Å². The summed E-state index contributed by atoms with van der Waals surface area (Å²) in [6.07, 6.45) is 3.34. The molecule has 0 amide bonds. The summed E-state index contributed by atoms with van der Waals surface area (Å²) in [4.78, 5) is -0.937. The van der Waals surface area contributed by atoms with E-state index in [0.717, 1.165) is 12.8 Å². The maximum Gasteiger partial charge on any atom is 0.142 e. The van der Waals surface area contributed by atoms with E-state index in [4.69, 9.17) is 10.4 Å². The molecule has 0 aromatic carbocycles. The standard InChI is InChI=1S/C6H14NO2/c1-3-4-5-6-7(2,8)9/h3,8-9H,1,4-6H2,2H3/q+1. The molecule has 0 aromatic heterocycles. The van der Waals surface area contributed by atoms with Gasteiger partial charge in [0.15, 0.2) is 0 Å². The minimum absolute atomic E-state index is 0.353. The van der Waals surface area contributed by atoms with Crippen molar-refractivity contribution in [2.45, 2.75) is 12.8 Å². The Morgan fingerprint density at radius 3 is 2.44 bits per heavy atom. The van der Waals surface area contributed by atoms with Crippen molar-refractivity contribution >= 4 is 0 Å². The summed E-state index contributed by atoms with van der Waals surface area (Å²) >= 11 is 0. The Morgan fingerprint density at radius 2 is 2.11 bits per heavy atom. The van der Waals surface area contributed by atoms with E-state index in [1.807, 2.05) is 0 Å². The van der Waals surface area contributed by atoms with Crippen LogP contribution in [0, 0.1) is 0 Å². The maximum atomic E-state index is 8.70. The fourth-order valence-corrected chi connectivity index (χ4v) is 0.535. The van der Waals surface area contributed by atoms with Crippen LogP contribution in [0.3, 0.4) is 0 Å². The molecule has 0 rings (SSSR count). The summed E-state index contributed by atoms with van der Waals surface area (Å²) in [6.45, 7) is 3.86. The summed E-state index contributed by atoms with van der Waals surface area (Å²) in [5.41, 5.74) is 0. The van der Waals surface area contributed by atoms with E-state index in [9.17, 15) is 0 Å². The molecule has 0 saturated heterocycles. The van der Waals surface area contributed by atoms with Crippen LogP contribution in [0.2, 0.25) is 0 Å². The van der Waals surface area contributed by atoms with Crippen molar-refractivity contribution in [3.05, 3.63) is 12.7 Å². The Morgan fingerprint density at radius 1 is 1.56 bits per heavy atom. The van der Waals surface area contributed by atoms with E-state index < -0.39 is 4.81 Å². The molecular formula is C6H14NO2+. The van der Waals surface area contributed by atoms with Crippen LogP contribution in [-0.4, -0.2) is 28.8 Å². The van der Waals surface area contributed by atoms with Gasteiger partial charge in [0.1, 0.15) is 13.6 Å². The number of rotatable bonds is 4. The monoisotopic (exact) mass is 132 g/mol. The molecule has 3 nitrogen and oxygen atoms in total. The van der Waals surface area contributed by atoms with Gasteiger partial charge in [-0.3, -0.25) is 0 Å². The molecule has 0 aliphatic heterocycles. The van der Waals surface area contributed by atoms with Crippen molar-refractivity contribution in [2.24, 2.45) is 0 Å². The summed E-state index contributed by atoms with van der Waals surface area (Å²) in [7, 11) is 1.32. The maximum absolute atomic E-state index is 8.70. The Kier molecular flexibility index (Phi) is 3.46. The molecule has 54 valence electrons. The third kappa shape index (κ3) is 7.62. The van der Waals surface area contributed by atoms with Crippen LogP contribution in [0.15, 0.2) is 12.7 Å². The van der Waals surface area contributed by atoms with E-state index in [0.29, 0.717) is 6.54 Å². The molecule has 3 heteroatoms. The van der Waals surface area contributed by atoms with Crippen molar-refractivity contribution in [2.75, 3.05) is 13.6 Å². The first-order chi connectivity index (χ1) is 4.06. The molecular weight excluding hydrogens is 118 g/mol. The fraction of sp³-hybridized carbons (Fsp3) is 0.667. The molecule has 0 aliphatic rings. The van der Waals surface area contributed by atoms with Crippen LogP contribution < -0.4 is 0 Å². The largest absolute Gasteiger partial charge is 0.182 e. The topological polar surface area (TPSA) is 40.5 Å². The van der Waals surface area contributed by atoms with Crippen LogP contribution in [0.5, 0.6) is 0 Å². The molecule has 0 atom stereocenters. The summed E-state index contributed by atoms with van der Waals surface area (Å²) in [5.74, 6) is 0. The molecule has 0 aromatic rings. The number of hydroxylamine groups is 4. The minimum Gasteiger partial charge on any atom is -0.182 e. The zero-order valence-corrected chi connectivity index (χ0v) is 5.75. The lowest BCUT2D eigenvalue weighted by Crippen LogP contribution is -2.36. The second-order valence-electron chi connectivity index (χ2n) is 2.24. The zero-order valence-electron chi connectivity index (χ0n) is 5.75. The van der Waals surface area contributed by atoms with Gasteiger partial charge in [-0.05, 0) is 6.42 Å². The molecule has 2 N–H and O–H groups in total. The van der Waals surface area contributed by atoms with Crippen LogP contribution in [0.25, 0.3) is 0 Å². The first-order valence-corrected chi connectivity index (χ1v) is 2.98. The summed E-state index contributed by atoms with van der Waals surface area (Å²) in [5, 5.41) is 17.4. The third-order valence-corrected chi connectivity index (χ3v) is 0.990. The second kappa shape index (κ2) is 3.61. The lowest BCUT2D eigenvalue weighted by atomic mass is 10.3. The smallest absolute Gasteiger partial charge is 0.142 e. The van der Waals surface area contributed by atoms with Gasteiger partial charge in [-0.15, -0.1) is 6.58 Å². The number of hydrogen-bond donors (Lipinski definition) is 2. The Bertz CT molecular complexity index is 85.5. The van der Waals surface area contributed by atoms with Gasteiger partial charge in [0.05, 0.1) is 0 Å². The molecule has 0 heterocycles. The van der Waals surface area contributed by atoms with Crippen molar-refractivity contribution in [1.29, 1.82) is 0 Å². The van der Waals surface area contributed by atoms with E-state index >= 15 is 0 Å². The Labute approximate surface area is 55.3 Å². The van der Waals surface area contributed by atoms with Crippen LogP contribution in [-0.2, 0) is 0 Å². The van der Waals surface area contributed by atoms with Gasteiger partial charge in [-0.1, -0.05) is 10.9 Å². The van der Waals surface area contributed by atoms with Gasteiger partial charge in [0, 0.05) is 6.42 Å². The average molecular weight is 132 g/mol. The van der Waals surface area contributed by atoms with Gasteiger partial charge in [0.25, 0.3) is 0 Å². The predicted octanol–water partition coefficient (Wildman–Crippen LogP) is 1.18. The summed E-state index contributed by atoms with van der Waals surface area (Å²) in [6, 6.07) is 0. The second-order valence-corrected chi connectivity index (χ2v) is 2.24. The molecule has 0 aliphatic carbocycles. The highest BCUT2D eigenvalue weighted by atomic mass is 16.8. The molecule has 9 heavy (non-hydrogen) atoms. The molecule has 0 bridgehead atoms. The normalized spacial score (nSPS) is 11.4.